The number of hydrogen-bond acceptors (Lipinski definition) is 3. The Labute approximate surface area is 124 Å². The van der Waals surface area contributed by atoms with Crippen LogP contribution in [0.4, 0.5) is 5.69 Å². The molecular formula is C14H14BrNO2S. The van der Waals surface area contributed by atoms with Crippen LogP contribution in [0.5, 0.6) is 5.75 Å². The predicted molar refractivity (Wildman–Crippen MR) is 82.3 cm³/mol. The van der Waals surface area contributed by atoms with E-state index in [9.17, 15) is 4.79 Å². The second-order valence-corrected chi connectivity index (χ2v) is 5.73. The van der Waals surface area contributed by atoms with Crippen LogP contribution in [0.25, 0.3) is 0 Å². The summed E-state index contributed by atoms with van der Waals surface area (Å²) in [6.07, 6.45) is 0. The molecule has 0 bridgehead atoms. The quantitative estimate of drug-likeness (QED) is 0.892. The van der Waals surface area contributed by atoms with Crippen molar-refractivity contribution in [2.75, 3.05) is 11.9 Å². The van der Waals surface area contributed by atoms with Crippen LogP contribution in [0, 0.1) is 6.92 Å². The highest BCUT2D eigenvalue weighted by Crippen LogP contribution is 2.26. The van der Waals surface area contributed by atoms with Crippen molar-refractivity contribution in [3.8, 4) is 5.75 Å². The largest absolute Gasteiger partial charge is 0.494 e. The molecule has 1 heterocycles. The number of halogens is 1. The lowest BCUT2D eigenvalue weighted by Crippen LogP contribution is -2.11. The Hall–Kier alpha value is -1.33. The van der Waals surface area contributed by atoms with Gasteiger partial charge in [0.2, 0.25) is 0 Å². The zero-order valence-electron chi connectivity index (χ0n) is 10.7. The van der Waals surface area contributed by atoms with Crippen LogP contribution in [0.3, 0.4) is 0 Å². The molecule has 0 saturated heterocycles. The van der Waals surface area contributed by atoms with Gasteiger partial charge in [-0.25, -0.2) is 0 Å². The number of carbonyl (C=O) groups excluding carboxylic acids is 1. The highest BCUT2D eigenvalue weighted by atomic mass is 79.9. The van der Waals surface area contributed by atoms with Crippen LogP contribution in [-0.2, 0) is 0 Å². The van der Waals surface area contributed by atoms with E-state index in [1.165, 1.54) is 11.3 Å². The van der Waals surface area contributed by atoms with Gasteiger partial charge in [-0.15, -0.1) is 11.3 Å². The molecule has 19 heavy (non-hydrogen) atoms. The van der Waals surface area contributed by atoms with E-state index in [0.29, 0.717) is 11.5 Å². The summed E-state index contributed by atoms with van der Waals surface area (Å²) in [7, 11) is 0. The van der Waals surface area contributed by atoms with Gasteiger partial charge >= 0.3 is 0 Å². The van der Waals surface area contributed by atoms with Crippen molar-refractivity contribution in [1.29, 1.82) is 0 Å². The van der Waals surface area contributed by atoms with E-state index in [4.69, 9.17) is 4.74 Å². The van der Waals surface area contributed by atoms with Gasteiger partial charge in [0.25, 0.3) is 5.91 Å². The summed E-state index contributed by atoms with van der Waals surface area (Å²) < 4.78 is 6.24. The van der Waals surface area contributed by atoms with Crippen LogP contribution in [-0.4, -0.2) is 12.5 Å². The lowest BCUT2D eigenvalue weighted by molar-refractivity contribution is 0.103. The van der Waals surface area contributed by atoms with Crippen molar-refractivity contribution in [1.82, 2.24) is 0 Å². The fourth-order valence-corrected chi connectivity index (χ4v) is 3.11. The van der Waals surface area contributed by atoms with Gasteiger partial charge in [0.15, 0.2) is 0 Å². The number of thiophene rings is 1. The predicted octanol–water partition coefficient (Wildman–Crippen LogP) is 4.47. The molecular weight excluding hydrogens is 326 g/mol. The third kappa shape index (κ3) is 3.36. The number of ether oxygens (including phenoxy) is 1. The summed E-state index contributed by atoms with van der Waals surface area (Å²) in [6, 6.07) is 7.50. The lowest BCUT2D eigenvalue weighted by Gasteiger charge is -2.10. The molecule has 0 aliphatic rings. The molecule has 2 aromatic rings. The average molecular weight is 340 g/mol. The zero-order chi connectivity index (χ0) is 13.8. The fraction of sp³-hybridized carbons (Fsp3) is 0.214. The Bertz CT molecular complexity index is 595. The summed E-state index contributed by atoms with van der Waals surface area (Å²) in [6.45, 7) is 4.52. The zero-order valence-corrected chi connectivity index (χ0v) is 13.1. The first-order valence-electron chi connectivity index (χ1n) is 5.89. The number of nitrogens with one attached hydrogen (secondary N) is 1. The molecule has 100 valence electrons. The highest BCUT2D eigenvalue weighted by Gasteiger charge is 2.12. The molecule has 0 unspecified atom stereocenters. The highest BCUT2D eigenvalue weighted by molar-refractivity contribution is 9.10. The topological polar surface area (TPSA) is 38.3 Å². The van der Waals surface area contributed by atoms with Gasteiger partial charge < -0.3 is 10.1 Å². The molecule has 2 rings (SSSR count). The third-order valence-electron chi connectivity index (χ3n) is 2.58. The van der Waals surface area contributed by atoms with E-state index in [-0.39, 0.29) is 5.91 Å². The molecule has 1 aromatic carbocycles. The van der Waals surface area contributed by atoms with Gasteiger partial charge in [0, 0.05) is 10.2 Å². The molecule has 0 radical (unpaired) electrons. The molecule has 0 spiro atoms. The minimum Gasteiger partial charge on any atom is -0.494 e. The molecule has 0 fully saturated rings. The van der Waals surface area contributed by atoms with Gasteiger partial charge in [-0.3, -0.25) is 4.79 Å². The molecule has 5 heteroatoms. The second-order valence-electron chi connectivity index (χ2n) is 3.96. The SMILES string of the molecule is CCOc1ccc(NC(=O)c2sccc2Br)c(C)c1. The van der Waals surface area contributed by atoms with Crippen LogP contribution in [0.2, 0.25) is 0 Å². The van der Waals surface area contributed by atoms with Crippen LogP contribution in [0.15, 0.2) is 34.1 Å². The van der Waals surface area contributed by atoms with E-state index >= 15 is 0 Å². The first-order chi connectivity index (χ1) is 9.11. The summed E-state index contributed by atoms with van der Waals surface area (Å²) in [4.78, 5) is 12.8. The van der Waals surface area contributed by atoms with E-state index in [1.54, 1.807) is 0 Å². The van der Waals surface area contributed by atoms with Crippen molar-refractivity contribution in [3.05, 3.63) is 44.6 Å². The third-order valence-corrected chi connectivity index (χ3v) is 4.42. The fourth-order valence-electron chi connectivity index (χ4n) is 1.67. The molecule has 3 nitrogen and oxygen atoms in total. The Morgan fingerprint density at radius 2 is 2.21 bits per heavy atom. The summed E-state index contributed by atoms with van der Waals surface area (Å²) in [5.74, 6) is 0.712. The molecule has 1 aromatic heterocycles. The Morgan fingerprint density at radius 1 is 1.42 bits per heavy atom. The number of aryl methyl sites for hydroxylation is 1. The van der Waals surface area contributed by atoms with E-state index in [1.807, 2.05) is 43.5 Å². The normalized spacial score (nSPS) is 10.3. The van der Waals surface area contributed by atoms with E-state index in [0.717, 1.165) is 21.5 Å². The minimum absolute atomic E-state index is 0.103. The summed E-state index contributed by atoms with van der Waals surface area (Å²) >= 11 is 4.77. The summed E-state index contributed by atoms with van der Waals surface area (Å²) in [5, 5.41) is 4.79. The van der Waals surface area contributed by atoms with Gasteiger partial charge in [-0.05, 0) is 65.0 Å². The van der Waals surface area contributed by atoms with Crippen molar-refractivity contribution in [2.24, 2.45) is 0 Å². The van der Waals surface area contributed by atoms with Crippen molar-refractivity contribution in [2.45, 2.75) is 13.8 Å². The molecule has 0 atom stereocenters. The first-order valence-corrected chi connectivity index (χ1v) is 7.57. The Morgan fingerprint density at radius 3 is 2.79 bits per heavy atom. The van der Waals surface area contributed by atoms with Gasteiger partial charge in [0.1, 0.15) is 10.6 Å². The van der Waals surface area contributed by atoms with Crippen LogP contribution in [0.1, 0.15) is 22.2 Å². The van der Waals surface area contributed by atoms with Gasteiger partial charge in [-0.1, -0.05) is 0 Å². The van der Waals surface area contributed by atoms with Crippen molar-refractivity contribution < 1.29 is 9.53 Å². The number of benzene rings is 1. The second kappa shape index (κ2) is 6.21. The first kappa shape index (κ1) is 14.1. The van der Waals surface area contributed by atoms with Gasteiger partial charge in [0.05, 0.1) is 6.61 Å². The maximum absolute atomic E-state index is 12.1. The average Bonchev–Trinajstić information content (AvgIpc) is 2.79. The van der Waals surface area contributed by atoms with Crippen LogP contribution >= 0.6 is 27.3 Å². The molecule has 1 amide bonds. The minimum atomic E-state index is -0.103. The van der Waals surface area contributed by atoms with E-state index in [2.05, 4.69) is 21.2 Å². The monoisotopic (exact) mass is 339 g/mol. The molecule has 0 saturated carbocycles. The number of amides is 1. The van der Waals surface area contributed by atoms with Crippen molar-refractivity contribution in [3.63, 3.8) is 0 Å². The standard InChI is InChI=1S/C14H14BrNO2S/c1-3-18-10-4-5-12(9(2)8-10)16-14(17)13-11(15)6-7-19-13/h4-8H,3H2,1-2H3,(H,16,17). The van der Waals surface area contributed by atoms with Gasteiger partial charge in [-0.2, -0.15) is 0 Å². The van der Waals surface area contributed by atoms with E-state index < -0.39 is 0 Å². The van der Waals surface area contributed by atoms with Crippen LogP contribution < -0.4 is 10.1 Å². The molecule has 0 aliphatic carbocycles. The Kier molecular flexibility index (Phi) is 4.61. The Balaban J connectivity index is 2.15. The number of anilines is 1. The maximum atomic E-state index is 12.1. The number of carbonyl (C=O) groups is 1. The molecule has 0 aliphatic heterocycles. The van der Waals surface area contributed by atoms with Crippen molar-refractivity contribution >= 4 is 38.9 Å². The maximum Gasteiger partial charge on any atom is 0.266 e. The lowest BCUT2D eigenvalue weighted by atomic mass is 10.2. The number of rotatable bonds is 4. The number of hydrogen-bond donors (Lipinski definition) is 1. The summed E-state index contributed by atoms with van der Waals surface area (Å²) in [5.41, 5.74) is 1.78. The molecule has 1 N–H and O–H groups in total. The smallest absolute Gasteiger partial charge is 0.266 e.